The molecule has 126 valence electrons. The summed E-state index contributed by atoms with van der Waals surface area (Å²) in [5.74, 6) is 5.45. The summed E-state index contributed by atoms with van der Waals surface area (Å²) in [7, 11) is 0. The molecule has 0 atom stereocenters. The molecule has 1 aromatic carbocycles. The first kappa shape index (κ1) is 17.5. The van der Waals surface area contributed by atoms with E-state index in [2.05, 4.69) is 10.2 Å². The zero-order valence-corrected chi connectivity index (χ0v) is 13.5. The third kappa shape index (κ3) is 4.54. The number of halogens is 3. The van der Waals surface area contributed by atoms with Crippen molar-refractivity contribution in [2.45, 2.75) is 31.6 Å². The van der Waals surface area contributed by atoms with Crippen LogP contribution in [0, 0.1) is 13.8 Å². The minimum Gasteiger partial charge on any atom is -0.494 e. The molecule has 1 heterocycles. The molecule has 2 rings (SSSR count). The Balaban J connectivity index is 1.78. The third-order valence-corrected chi connectivity index (χ3v) is 4.21. The second kappa shape index (κ2) is 7.12. The van der Waals surface area contributed by atoms with E-state index in [4.69, 9.17) is 10.6 Å². The molecule has 0 saturated carbocycles. The van der Waals surface area contributed by atoms with E-state index in [0.717, 1.165) is 23.1 Å². The Hall–Kier alpha value is -1.90. The number of nitrogens with zero attached hydrogens (tertiary/aromatic N) is 3. The highest BCUT2D eigenvalue weighted by Crippen LogP contribution is 2.29. The van der Waals surface area contributed by atoms with E-state index in [9.17, 15) is 13.2 Å². The van der Waals surface area contributed by atoms with Crippen LogP contribution in [0.5, 0.6) is 5.75 Å². The second-order valence-electron chi connectivity index (χ2n) is 4.97. The lowest BCUT2D eigenvalue weighted by Crippen LogP contribution is -2.21. The average molecular weight is 346 g/mol. The van der Waals surface area contributed by atoms with Crippen LogP contribution < -0.4 is 10.6 Å². The minimum atomic E-state index is -4.60. The first-order valence-corrected chi connectivity index (χ1v) is 7.88. The number of aromatic nitrogens is 3. The summed E-state index contributed by atoms with van der Waals surface area (Å²) in [5.41, 5.74) is 2.34. The summed E-state index contributed by atoms with van der Waals surface area (Å²) in [6, 6.07) is 5.82. The number of hydrogen-bond donors (Lipinski definition) is 1. The molecule has 23 heavy (non-hydrogen) atoms. The van der Waals surface area contributed by atoms with Gasteiger partial charge in [0, 0.05) is 5.75 Å². The van der Waals surface area contributed by atoms with Gasteiger partial charge in [0.25, 0.3) is 5.82 Å². The Bertz CT molecular complexity index is 673. The molecule has 0 spiro atoms. The summed E-state index contributed by atoms with van der Waals surface area (Å²) < 4.78 is 43.6. The van der Waals surface area contributed by atoms with Crippen LogP contribution in [0.1, 0.15) is 23.4 Å². The lowest BCUT2D eigenvalue weighted by atomic mass is 10.1. The van der Waals surface area contributed by atoms with Gasteiger partial charge in [0.15, 0.2) is 0 Å². The van der Waals surface area contributed by atoms with Gasteiger partial charge in [0.05, 0.1) is 6.61 Å². The maximum absolute atomic E-state index is 12.5. The fourth-order valence-corrected chi connectivity index (χ4v) is 2.55. The predicted octanol–water partition coefficient (Wildman–Crippen LogP) is 3.19. The van der Waals surface area contributed by atoms with Crippen LogP contribution in [0.25, 0.3) is 0 Å². The van der Waals surface area contributed by atoms with E-state index in [1.807, 2.05) is 32.0 Å². The van der Waals surface area contributed by atoms with E-state index in [-0.39, 0.29) is 5.16 Å². The van der Waals surface area contributed by atoms with E-state index < -0.39 is 12.0 Å². The molecule has 0 radical (unpaired) electrons. The van der Waals surface area contributed by atoms with Gasteiger partial charge < -0.3 is 10.6 Å². The maximum atomic E-state index is 12.5. The fourth-order valence-electron chi connectivity index (χ4n) is 1.78. The van der Waals surface area contributed by atoms with Crippen molar-refractivity contribution in [2.24, 2.45) is 0 Å². The molecule has 5 nitrogen and oxygen atoms in total. The molecule has 0 saturated heterocycles. The van der Waals surface area contributed by atoms with Crippen molar-refractivity contribution in [3.63, 3.8) is 0 Å². The van der Waals surface area contributed by atoms with Gasteiger partial charge in [-0.3, -0.25) is 0 Å². The fraction of sp³-hybridized carbons (Fsp3) is 0.429. The lowest BCUT2D eigenvalue weighted by Gasteiger charge is -2.08. The van der Waals surface area contributed by atoms with E-state index >= 15 is 0 Å². The van der Waals surface area contributed by atoms with E-state index in [1.54, 1.807) is 0 Å². The monoisotopic (exact) mass is 346 g/mol. The third-order valence-electron chi connectivity index (χ3n) is 3.19. The van der Waals surface area contributed by atoms with Gasteiger partial charge in [-0.1, -0.05) is 17.8 Å². The van der Waals surface area contributed by atoms with Gasteiger partial charge >= 0.3 is 6.18 Å². The number of nitrogen functional groups attached to an aromatic ring is 1. The Morgan fingerprint density at radius 2 is 1.96 bits per heavy atom. The topological polar surface area (TPSA) is 66.0 Å². The normalized spacial score (nSPS) is 11.7. The Labute approximate surface area is 136 Å². The maximum Gasteiger partial charge on any atom is 0.453 e. The SMILES string of the molecule is Cc1ccc(OCCCSc2nnc(C(F)(F)F)n2N)cc1C. The molecule has 0 amide bonds. The summed E-state index contributed by atoms with van der Waals surface area (Å²) >= 11 is 1.11. The number of rotatable bonds is 6. The van der Waals surface area contributed by atoms with Crippen molar-refractivity contribution < 1.29 is 17.9 Å². The van der Waals surface area contributed by atoms with Crippen LogP contribution in [-0.4, -0.2) is 27.2 Å². The number of benzene rings is 1. The van der Waals surface area contributed by atoms with Crippen LogP contribution in [0.15, 0.2) is 23.4 Å². The van der Waals surface area contributed by atoms with Gasteiger partial charge in [-0.25, -0.2) is 4.68 Å². The van der Waals surface area contributed by atoms with Crippen LogP contribution >= 0.6 is 11.8 Å². The van der Waals surface area contributed by atoms with Crippen molar-refractivity contribution in [3.8, 4) is 5.75 Å². The summed E-state index contributed by atoms with van der Waals surface area (Å²) in [5, 5.41) is 6.54. The molecule has 0 bridgehead atoms. The Morgan fingerprint density at radius 3 is 2.57 bits per heavy atom. The first-order valence-electron chi connectivity index (χ1n) is 6.89. The second-order valence-corrected chi connectivity index (χ2v) is 6.03. The van der Waals surface area contributed by atoms with E-state index in [1.165, 1.54) is 5.56 Å². The van der Waals surface area contributed by atoms with Crippen LogP contribution in [0.2, 0.25) is 0 Å². The Morgan fingerprint density at radius 1 is 1.22 bits per heavy atom. The molecule has 9 heteroatoms. The predicted molar refractivity (Wildman–Crippen MR) is 81.9 cm³/mol. The van der Waals surface area contributed by atoms with Gasteiger partial charge in [0.1, 0.15) is 5.75 Å². The molecular formula is C14H17F3N4OS. The van der Waals surface area contributed by atoms with Crippen molar-refractivity contribution in [3.05, 3.63) is 35.2 Å². The number of nitrogens with two attached hydrogens (primary N) is 1. The first-order chi connectivity index (χ1) is 10.8. The van der Waals surface area contributed by atoms with Crippen LogP contribution in [-0.2, 0) is 6.18 Å². The molecular weight excluding hydrogens is 329 g/mol. The highest BCUT2D eigenvalue weighted by molar-refractivity contribution is 7.99. The molecule has 0 aliphatic rings. The lowest BCUT2D eigenvalue weighted by molar-refractivity contribution is -0.146. The van der Waals surface area contributed by atoms with Gasteiger partial charge in [-0.05, 0) is 43.5 Å². The van der Waals surface area contributed by atoms with Crippen LogP contribution in [0.3, 0.4) is 0 Å². The van der Waals surface area contributed by atoms with Gasteiger partial charge in [-0.2, -0.15) is 13.2 Å². The number of ether oxygens (including phenoxy) is 1. The smallest absolute Gasteiger partial charge is 0.453 e. The van der Waals surface area contributed by atoms with E-state index in [0.29, 0.717) is 23.5 Å². The molecule has 0 aliphatic heterocycles. The molecule has 0 aliphatic carbocycles. The average Bonchev–Trinajstić information content (AvgIpc) is 2.83. The summed E-state index contributed by atoms with van der Waals surface area (Å²) in [6.07, 6.45) is -3.96. The minimum absolute atomic E-state index is 0.0310. The largest absolute Gasteiger partial charge is 0.494 e. The molecule has 0 fully saturated rings. The number of alkyl halides is 3. The van der Waals surface area contributed by atoms with Gasteiger partial charge in [0.2, 0.25) is 5.16 Å². The molecule has 2 aromatic rings. The van der Waals surface area contributed by atoms with Crippen molar-refractivity contribution in [1.29, 1.82) is 0 Å². The highest BCUT2D eigenvalue weighted by atomic mass is 32.2. The summed E-state index contributed by atoms with van der Waals surface area (Å²) in [6.45, 7) is 4.48. The quantitative estimate of drug-likeness (QED) is 0.494. The van der Waals surface area contributed by atoms with Crippen molar-refractivity contribution in [2.75, 3.05) is 18.2 Å². The van der Waals surface area contributed by atoms with Crippen molar-refractivity contribution in [1.82, 2.24) is 14.9 Å². The molecule has 0 unspecified atom stereocenters. The van der Waals surface area contributed by atoms with Crippen LogP contribution in [0.4, 0.5) is 13.2 Å². The Kier molecular flexibility index (Phi) is 5.40. The highest BCUT2D eigenvalue weighted by Gasteiger charge is 2.38. The molecule has 2 N–H and O–H groups in total. The zero-order valence-electron chi connectivity index (χ0n) is 12.7. The zero-order chi connectivity index (χ0) is 17.0. The number of hydrogen-bond acceptors (Lipinski definition) is 5. The number of aryl methyl sites for hydroxylation is 2. The molecule has 1 aromatic heterocycles. The number of thioether (sulfide) groups is 1. The summed E-state index contributed by atoms with van der Waals surface area (Å²) in [4.78, 5) is 0. The van der Waals surface area contributed by atoms with Crippen molar-refractivity contribution >= 4 is 11.8 Å². The standard InChI is InChI=1S/C14H17F3N4OS/c1-9-4-5-11(8-10(9)2)22-6-3-7-23-13-20-19-12(21(13)18)14(15,16)17/h4-5,8H,3,6-7,18H2,1-2H3. The van der Waals surface area contributed by atoms with Gasteiger partial charge in [-0.15, -0.1) is 10.2 Å².